The van der Waals surface area contributed by atoms with Gasteiger partial charge in [0.15, 0.2) is 0 Å². The number of nitrogens with zero attached hydrogens (tertiary/aromatic N) is 1. The molecular formula is C18H29NO2. The summed E-state index contributed by atoms with van der Waals surface area (Å²) in [5.74, 6) is 2.33. The summed E-state index contributed by atoms with van der Waals surface area (Å²) in [6, 6.07) is 6.17. The lowest BCUT2D eigenvalue weighted by Crippen LogP contribution is -2.44. The van der Waals surface area contributed by atoms with Gasteiger partial charge in [-0.25, -0.2) is 0 Å². The van der Waals surface area contributed by atoms with Crippen molar-refractivity contribution in [2.45, 2.75) is 40.2 Å². The quantitative estimate of drug-likeness (QED) is 0.905. The van der Waals surface area contributed by atoms with E-state index in [1.165, 1.54) is 12.0 Å². The topological polar surface area (TPSA) is 32.7 Å². The average molecular weight is 291 g/mol. The van der Waals surface area contributed by atoms with Crippen LogP contribution in [0.3, 0.4) is 0 Å². The number of hydrogen-bond acceptors (Lipinski definition) is 3. The van der Waals surface area contributed by atoms with E-state index < -0.39 is 6.10 Å². The second-order valence-corrected chi connectivity index (χ2v) is 6.90. The van der Waals surface area contributed by atoms with Gasteiger partial charge < -0.3 is 14.7 Å². The summed E-state index contributed by atoms with van der Waals surface area (Å²) in [5, 5.41) is 10.2. The molecule has 2 rings (SSSR count). The van der Waals surface area contributed by atoms with Gasteiger partial charge in [0.2, 0.25) is 0 Å². The molecular weight excluding hydrogens is 262 g/mol. The zero-order valence-electron chi connectivity index (χ0n) is 13.8. The summed E-state index contributed by atoms with van der Waals surface area (Å²) < 4.78 is 5.80. The van der Waals surface area contributed by atoms with Crippen molar-refractivity contribution in [2.24, 2.45) is 11.8 Å². The summed E-state index contributed by atoms with van der Waals surface area (Å²) in [4.78, 5) is 2.37. The van der Waals surface area contributed by atoms with Crippen molar-refractivity contribution in [1.29, 1.82) is 0 Å². The fourth-order valence-corrected chi connectivity index (χ4v) is 3.34. The van der Waals surface area contributed by atoms with E-state index >= 15 is 0 Å². The number of aliphatic hydroxyl groups is 1. The second-order valence-electron chi connectivity index (χ2n) is 6.90. The Balaban J connectivity index is 1.81. The molecule has 1 saturated heterocycles. The standard InChI is InChI=1S/C18H29NO2/c1-13-5-6-16(4)18(8-13)21-12-17(20)11-19-9-14(2)7-15(3)10-19/h5-6,8,14-15,17,20H,7,9-12H2,1-4H3/t14-,15+,17-/m0/s1. The van der Waals surface area contributed by atoms with Crippen LogP contribution in [0, 0.1) is 25.7 Å². The molecule has 1 fully saturated rings. The average Bonchev–Trinajstić information content (AvgIpc) is 2.38. The second kappa shape index (κ2) is 7.28. The van der Waals surface area contributed by atoms with Gasteiger partial charge in [0.1, 0.15) is 18.5 Å². The van der Waals surface area contributed by atoms with Gasteiger partial charge in [0, 0.05) is 19.6 Å². The highest BCUT2D eigenvalue weighted by molar-refractivity contribution is 5.35. The van der Waals surface area contributed by atoms with Crippen molar-refractivity contribution in [3.63, 3.8) is 0 Å². The molecule has 0 saturated carbocycles. The van der Waals surface area contributed by atoms with Crippen LogP contribution in [0.25, 0.3) is 0 Å². The van der Waals surface area contributed by atoms with Crippen LogP contribution in [0.1, 0.15) is 31.4 Å². The van der Waals surface area contributed by atoms with Crippen LogP contribution in [-0.2, 0) is 0 Å². The number of rotatable bonds is 5. The highest BCUT2D eigenvalue weighted by atomic mass is 16.5. The minimum atomic E-state index is -0.428. The molecule has 0 aromatic heterocycles. The Hall–Kier alpha value is -1.06. The third kappa shape index (κ3) is 5.01. The van der Waals surface area contributed by atoms with Crippen molar-refractivity contribution in [3.8, 4) is 5.75 Å². The van der Waals surface area contributed by atoms with Crippen molar-refractivity contribution >= 4 is 0 Å². The summed E-state index contributed by atoms with van der Waals surface area (Å²) in [6.07, 6.45) is 0.869. The van der Waals surface area contributed by atoms with Crippen molar-refractivity contribution < 1.29 is 9.84 Å². The Morgan fingerprint density at radius 2 is 1.90 bits per heavy atom. The van der Waals surface area contributed by atoms with Crippen LogP contribution in [-0.4, -0.2) is 42.4 Å². The van der Waals surface area contributed by atoms with Gasteiger partial charge in [-0.05, 0) is 49.3 Å². The monoisotopic (exact) mass is 291 g/mol. The molecule has 21 heavy (non-hydrogen) atoms. The SMILES string of the molecule is Cc1ccc(C)c(OC[C@@H](O)CN2C[C@H](C)C[C@H](C)C2)c1. The first kappa shape index (κ1) is 16.3. The van der Waals surface area contributed by atoms with E-state index in [0.29, 0.717) is 13.2 Å². The number of aliphatic hydroxyl groups excluding tert-OH is 1. The van der Waals surface area contributed by atoms with E-state index in [2.05, 4.69) is 37.8 Å². The van der Waals surface area contributed by atoms with Gasteiger partial charge in [0.25, 0.3) is 0 Å². The Morgan fingerprint density at radius 1 is 1.24 bits per heavy atom. The normalized spacial score (nSPS) is 24.8. The smallest absolute Gasteiger partial charge is 0.122 e. The summed E-state index contributed by atoms with van der Waals surface area (Å²) in [5.41, 5.74) is 2.30. The molecule has 1 heterocycles. The molecule has 0 aliphatic carbocycles. The molecule has 1 aromatic rings. The van der Waals surface area contributed by atoms with Gasteiger partial charge in [-0.1, -0.05) is 26.0 Å². The number of β-amino-alcohol motifs (C(OH)–C–C–N with tert-alkyl or cyclic N) is 1. The van der Waals surface area contributed by atoms with Crippen LogP contribution < -0.4 is 4.74 Å². The van der Waals surface area contributed by atoms with Gasteiger partial charge in [-0.3, -0.25) is 0 Å². The Kier molecular flexibility index (Phi) is 5.65. The van der Waals surface area contributed by atoms with Crippen LogP contribution in [0.5, 0.6) is 5.75 Å². The van der Waals surface area contributed by atoms with E-state index in [-0.39, 0.29) is 0 Å². The molecule has 118 valence electrons. The number of likely N-dealkylation sites (tertiary alicyclic amines) is 1. The molecule has 1 N–H and O–H groups in total. The number of ether oxygens (including phenoxy) is 1. The van der Waals surface area contributed by atoms with Crippen LogP contribution in [0.2, 0.25) is 0 Å². The largest absolute Gasteiger partial charge is 0.491 e. The Bertz CT molecular complexity index is 451. The maximum absolute atomic E-state index is 10.2. The van der Waals surface area contributed by atoms with E-state index in [9.17, 15) is 5.11 Å². The van der Waals surface area contributed by atoms with E-state index in [4.69, 9.17) is 4.74 Å². The molecule has 1 aliphatic rings. The number of hydrogen-bond donors (Lipinski definition) is 1. The van der Waals surface area contributed by atoms with Gasteiger partial charge in [-0.15, -0.1) is 0 Å². The van der Waals surface area contributed by atoms with Crippen molar-refractivity contribution in [3.05, 3.63) is 29.3 Å². The first-order valence-electron chi connectivity index (χ1n) is 8.04. The van der Waals surface area contributed by atoms with Crippen LogP contribution in [0.4, 0.5) is 0 Å². The van der Waals surface area contributed by atoms with E-state index in [1.807, 2.05) is 13.0 Å². The first-order chi connectivity index (χ1) is 9.94. The number of aryl methyl sites for hydroxylation is 2. The molecule has 1 aromatic carbocycles. The molecule has 0 radical (unpaired) electrons. The molecule has 3 nitrogen and oxygen atoms in total. The van der Waals surface area contributed by atoms with Gasteiger partial charge in [0.05, 0.1) is 0 Å². The van der Waals surface area contributed by atoms with Crippen LogP contribution >= 0.6 is 0 Å². The molecule has 1 aliphatic heterocycles. The fourth-order valence-electron chi connectivity index (χ4n) is 3.34. The first-order valence-corrected chi connectivity index (χ1v) is 8.04. The Morgan fingerprint density at radius 3 is 2.57 bits per heavy atom. The van der Waals surface area contributed by atoms with E-state index in [1.54, 1.807) is 0 Å². The Labute approximate surface area is 128 Å². The maximum atomic E-state index is 10.2. The minimum absolute atomic E-state index is 0.365. The fraction of sp³-hybridized carbons (Fsp3) is 0.667. The highest BCUT2D eigenvalue weighted by Crippen LogP contribution is 2.22. The number of benzene rings is 1. The number of piperidine rings is 1. The van der Waals surface area contributed by atoms with Gasteiger partial charge >= 0.3 is 0 Å². The molecule has 0 spiro atoms. The zero-order valence-corrected chi connectivity index (χ0v) is 13.8. The third-order valence-corrected chi connectivity index (χ3v) is 4.19. The predicted octanol–water partition coefficient (Wildman–Crippen LogP) is 3.02. The van der Waals surface area contributed by atoms with E-state index in [0.717, 1.165) is 36.2 Å². The lowest BCUT2D eigenvalue weighted by molar-refractivity contribution is 0.0427. The molecule has 3 heteroatoms. The summed E-state index contributed by atoms with van der Waals surface area (Å²) >= 11 is 0. The summed E-state index contributed by atoms with van der Waals surface area (Å²) in [6.45, 7) is 11.9. The van der Waals surface area contributed by atoms with Crippen molar-refractivity contribution in [2.75, 3.05) is 26.2 Å². The lowest BCUT2D eigenvalue weighted by Gasteiger charge is -2.35. The molecule has 0 amide bonds. The zero-order chi connectivity index (χ0) is 15.4. The lowest BCUT2D eigenvalue weighted by atomic mass is 9.92. The maximum Gasteiger partial charge on any atom is 0.122 e. The molecule has 0 bridgehead atoms. The highest BCUT2D eigenvalue weighted by Gasteiger charge is 2.23. The van der Waals surface area contributed by atoms with Crippen LogP contribution in [0.15, 0.2) is 18.2 Å². The minimum Gasteiger partial charge on any atom is -0.491 e. The molecule has 0 unspecified atom stereocenters. The summed E-state index contributed by atoms with van der Waals surface area (Å²) in [7, 11) is 0. The van der Waals surface area contributed by atoms with Gasteiger partial charge in [-0.2, -0.15) is 0 Å². The predicted molar refractivity (Wildman–Crippen MR) is 86.8 cm³/mol. The van der Waals surface area contributed by atoms with Crippen molar-refractivity contribution in [1.82, 2.24) is 4.90 Å². The third-order valence-electron chi connectivity index (χ3n) is 4.19. The molecule has 3 atom stereocenters.